The normalized spacial score (nSPS) is 14.0. The maximum Gasteiger partial charge on any atom is 0.249 e. The largest absolute Gasteiger partial charge is 0.307 e. The van der Waals surface area contributed by atoms with Crippen molar-refractivity contribution < 1.29 is 9.59 Å². The summed E-state index contributed by atoms with van der Waals surface area (Å²) in [6.45, 7) is 0. The van der Waals surface area contributed by atoms with Gasteiger partial charge in [0.2, 0.25) is 11.6 Å². The summed E-state index contributed by atoms with van der Waals surface area (Å²) in [5.74, 6) is -0.991. The first kappa shape index (κ1) is 13.1. The van der Waals surface area contributed by atoms with Crippen molar-refractivity contribution >= 4 is 22.9 Å². The number of nitrogens with zero attached hydrogens (tertiary/aromatic N) is 1. The quantitative estimate of drug-likeness (QED) is 0.636. The highest BCUT2D eigenvalue weighted by Crippen LogP contribution is 2.30. The Morgan fingerprint density at radius 1 is 0.714 bits per heavy atom. The molecule has 0 atom stereocenters. The molecule has 0 bridgehead atoms. The van der Waals surface area contributed by atoms with Gasteiger partial charge in [-0.3, -0.25) is 9.59 Å². The van der Waals surface area contributed by atoms with Crippen LogP contribution in [-0.4, -0.2) is 11.6 Å². The Labute approximate surface area is 122 Å². The SMILES string of the molecule is O=C1C=CC=C(N(c2ccccc2)c2ccccc2)C1=O. The molecule has 0 aliphatic heterocycles. The summed E-state index contributed by atoms with van der Waals surface area (Å²) in [5.41, 5.74) is 2.04. The van der Waals surface area contributed by atoms with Crippen molar-refractivity contribution in [3.63, 3.8) is 0 Å². The molecule has 0 fully saturated rings. The first-order valence-corrected chi connectivity index (χ1v) is 6.64. The fourth-order valence-electron chi connectivity index (χ4n) is 2.26. The average Bonchev–Trinajstić information content (AvgIpc) is 2.54. The van der Waals surface area contributed by atoms with Gasteiger partial charge >= 0.3 is 0 Å². The number of ketones is 2. The van der Waals surface area contributed by atoms with Gasteiger partial charge in [0.15, 0.2) is 0 Å². The number of allylic oxidation sites excluding steroid dienone is 4. The second-order valence-electron chi connectivity index (χ2n) is 4.61. The molecule has 0 radical (unpaired) electrons. The van der Waals surface area contributed by atoms with Crippen molar-refractivity contribution in [2.24, 2.45) is 0 Å². The summed E-state index contributed by atoms with van der Waals surface area (Å²) in [5, 5.41) is 0. The van der Waals surface area contributed by atoms with Crippen LogP contribution in [0.15, 0.2) is 84.6 Å². The van der Waals surface area contributed by atoms with Gasteiger partial charge in [0.05, 0.1) is 5.70 Å². The first-order chi connectivity index (χ1) is 10.3. The van der Waals surface area contributed by atoms with E-state index in [9.17, 15) is 9.59 Å². The summed E-state index contributed by atoms with van der Waals surface area (Å²) in [4.78, 5) is 25.7. The van der Waals surface area contributed by atoms with E-state index in [1.807, 2.05) is 60.7 Å². The lowest BCUT2D eigenvalue weighted by atomic mass is 10.1. The van der Waals surface area contributed by atoms with Crippen LogP contribution in [0.1, 0.15) is 0 Å². The lowest BCUT2D eigenvalue weighted by Crippen LogP contribution is -2.28. The smallest absolute Gasteiger partial charge is 0.249 e. The van der Waals surface area contributed by atoms with E-state index >= 15 is 0 Å². The van der Waals surface area contributed by atoms with Gasteiger partial charge in [-0.05, 0) is 36.4 Å². The van der Waals surface area contributed by atoms with Gasteiger partial charge in [-0.25, -0.2) is 0 Å². The molecular formula is C18H13NO2. The van der Waals surface area contributed by atoms with Crippen molar-refractivity contribution in [1.82, 2.24) is 0 Å². The van der Waals surface area contributed by atoms with Gasteiger partial charge in [0.25, 0.3) is 0 Å². The molecule has 0 saturated heterocycles. The van der Waals surface area contributed by atoms with Crippen LogP contribution < -0.4 is 4.90 Å². The third kappa shape index (κ3) is 2.54. The predicted octanol–water partition coefficient (Wildman–Crippen LogP) is 3.42. The number of hydrogen-bond acceptors (Lipinski definition) is 3. The second-order valence-corrected chi connectivity index (χ2v) is 4.61. The summed E-state index contributed by atoms with van der Waals surface area (Å²) in [6.07, 6.45) is 4.57. The van der Waals surface area contributed by atoms with E-state index in [-0.39, 0.29) is 0 Å². The van der Waals surface area contributed by atoms with E-state index in [0.29, 0.717) is 5.70 Å². The maximum atomic E-state index is 12.2. The predicted molar refractivity (Wildman–Crippen MR) is 82.3 cm³/mol. The number of para-hydroxylation sites is 2. The molecule has 2 aromatic rings. The van der Waals surface area contributed by atoms with Crippen molar-refractivity contribution in [1.29, 1.82) is 0 Å². The van der Waals surface area contributed by atoms with Gasteiger partial charge in [0.1, 0.15) is 0 Å². The highest BCUT2D eigenvalue weighted by atomic mass is 16.2. The molecule has 0 heterocycles. The fourth-order valence-corrected chi connectivity index (χ4v) is 2.26. The van der Waals surface area contributed by atoms with E-state index in [1.54, 1.807) is 17.1 Å². The van der Waals surface area contributed by atoms with E-state index in [4.69, 9.17) is 0 Å². The average molecular weight is 275 g/mol. The van der Waals surface area contributed by atoms with Crippen LogP contribution in [-0.2, 0) is 9.59 Å². The number of hydrogen-bond donors (Lipinski definition) is 0. The van der Waals surface area contributed by atoms with Crippen LogP contribution in [0.3, 0.4) is 0 Å². The molecule has 3 rings (SSSR count). The van der Waals surface area contributed by atoms with E-state index in [2.05, 4.69) is 0 Å². The maximum absolute atomic E-state index is 12.2. The highest BCUT2D eigenvalue weighted by molar-refractivity contribution is 6.49. The van der Waals surface area contributed by atoms with Gasteiger partial charge < -0.3 is 4.90 Å². The van der Waals surface area contributed by atoms with Gasteiger partial charge in [-0.1, -0.05) is 42.5 Å². The zero-order chi connectivity index (χ0) is 14.7. The molecule has 0 spiro atoms. The van der Waals surface area contributed by atoms with Crippen LogP contribution in [0, 0.1) is 0 Å². The number of carbonyl (C=O) groups is 2. The lowest BCUT2D eigenvalue weighted by Gasteiger charge is -2.27. The van der Waals surface area contributed by atoms with Crippen molar-refractivity contribution in [3.8, 4) is 0 Å². The molecule has 3 nitrogen and oxygen atoms in total. The number of rotatable bonds is 3. The molecular weight excluding hydrogens is 262 g/mol. The zero-order valence-corrected chi connectivity index (χ0v) is 11.3. The molecule has 21 heavy (non-hydrogen) atoms. The Kier molecular flexibility index (Phi) is 3.48. The summed E-state index contributed by atoms with van der Waals surface area (Å²) in [7, 11) is 0. The monoisotopic (exact) mass is 275 g/mol. The topological polar surface area (TPSA) is 37.4 Å². The molecule has 0 N–H and O–H groups in total. The molecule has 0 saturated carbocycles. The van der Waals surface area contributed by atoms with Gasteiger partial charge in [0, 0.05) is 11.4 Å². The number of anilines is 2. The molecule has 1 aliphatic carbocycles. The van der Waals surface area contributed by atoms with Crippen LogP contribution in [0.25, 0.3) is 0 Å². The van der Waals surface area contributed by atoms with Crippen LogP contribution >= 0.6 is 0 Å². The Morgan fingerprint density at radius 2 is 1.24 bits per heavy atom. The molecule has 2 aromatic carbocycles. The molecule has 0 amide bonds. The Bertz CT molecular complexity index is 691. The summed E-state index contributed by atoms with van der Waals surface area (Å²) < 4.78 is 0. The molecule has 0 aromatic heterocycles. The second kappa shape index (κ2) is 5.59. The third-order valence-corrected chi connectivity index (χ3v) is 3.23. The Morgan fingerprint density at radius 3 is 1.76 bits per heavy atom. The number of benzene rings is 2. The van der Waals surface area contributed by atoms with Gasteiger partial charge in [-0.2, -0.15) is 0 Å². The van der Waals surface area contributed by atoms with Gasteiger partial charge in [-0.15, -0.1) is 0 Å². The first-order valence-electron chi connectivity index (χ1n) is 6.64. The number of carbonyl (C=O) groups excluding carboxylic acids is 2. The third-order valence-electron chi connectivity index (χ3n) is 3.23. The van der Waals surface area contributed by atoms with Crippen molar-refractivity contribution in [2.45, 2.75) is 0 Å². The summed E-state index contributed by atoms with van der Waals surface area (Å²) >= 11 is 0. The van der Waals surface area contributed by atoms with Crippen LogP contribution in [0.4, 0.5) is 11.4 Å². The van der Waals surface area contributed by atoms with Crippen molar-refractivity contribution in [2.75, 3.05) is 4.90 Å². The van der Waals surface area contributed by atoms with Crippen LogP contribution in [0.2, 0.25) is 0 Å². The Balaban J connectivity index is 2.14. The van der Waals surface area contributed by atoms with E-state index in [1.165, 1.54) is 6.08 Å². The van der Waals surface area contributed by atoms with Crippen molar-refractivity contribution in [3.05, 3.63) is 84.6 Å². The molecule has 3 heteroatoms. The molecule has 102 valence electrons. The van der Waals surface area contributed by atoms with E-state index < -0.39 is 11.6 Å². The fraction of sp³-hybridized carbons (Fsp3) is 0. The molecule has 1 aliphatic rings. The highest BCUT2D eigenvalue weighted by Gasteiger charge is 2.26. The standard InChI is InChI=1S/C18H13NO2/c20-17-13-7-12-16(18(17)21)19(14-8-3-1-4-9-14)15-10-5-2-6-11-15/h1-13H. The minimum Gasteiger partial charge on any atom is -0.307 e. The number of Topliss-reactive ketones (excluding diaryl/α,β-unsaturated/α-hetero) is 1. The molecule has 0 unspecified atom stereocenters. The lowest BCUT2D eigenvalue weighted by molar-refractivity contribution is -0.131. The van der Waals surface area contributed by atoms with Crippen LogP contribution in [0.5, 0.6) is 0 Å². The summed E-state index contributed by atoms with van der Waals surface area (Å²) in [6, 6.07) is 19.0. The zero-order valence-electron chi connectivity index (χ0n) is 11.3. The Hall–Kier alpha value is -2.94. The minimum atomic E-state index is -0.496. The van der Waals surface area contributed by atoms with E-state index in [0.717, 1.165) is 11.4 Å². The minimum absolute atomic E-state index is 0.361.